The monoisotopic (exact) mass is 282 g/mol. The van der Waals surface area contributed by atoms with Gasteiger partial charge < -0.3 is 30.3 Å². The molecule has 0 aliphatic carbocycles. The molecule has 0 aromatic carbocycles. The molecule has 6 N–H and O–H groups in total. The second-order valence-electron chi connectivity index (χ2n) is 3.60. The number of guanidine groups is 1. The fourth-order valence-electron chi connectivity index (χ4n) is 1.21. The molecular weight excluding hydrogens is 267 g/mol. The lowest BCUT2D eigenvalue weighted by atomic mass is 10.3. The first kappa shape index (κ1) is 14.9. The normalized spacial score (nSPS) is 18.3. The number of nitrogens with one attached hydrogen (secondary N) is 1. The van der Waals surface area contributed by atoms with E-state index < -0.39 is 32.7 Å². The molecule has 1 atom stereocenters. The Morgan fingerprint density at radius 2 is 2.28 bits per heavy atom. The highest BCUT2D eigenvalue weighted by Crippen LogP contribution is 2.34. The van der Waals surface area contributed by atoms with Gasteiger partial charge in [-0.05, 0) is 0 Å². The van der Waals surface area contributed by atoms with E-state index in [1.807, 2.05) is 0 Å². The highest BCUT2D eigenvalue weighted by Gasteiger charge is 2.24. The molecule has 104 valence electrons. The molecule has 18 heavy (non-hydrogen) atoms. The summed E-state index contributed by atoms with van der Waals surface area (Å²) >= 11 is 0. The summed E-state index contributed by atoms with van der Waals surface area (Å²) < 4.78 is 15.4. The first-order valence-corrected chi connectivity index (χ1v) is 6.74. The molecule has 1 rings (SSSR count). The number of hydrogen-bond donors (Lipinski definition) is 5. The Hall–Kier alpha value is -1.19. The van der Waals surface area contributed by atoms with Gasteiger partial charge in [-0.3, -0.25) is 9.88 Å². The van der Waals surface area contributed by atoms with Crippen molar-refractivity contribution in [3.8, 4) is 0 Å². The van der Waals surface area contributed by atoms with Gasteiger partial charge in [-0.25, -0.2) is 9.79 Å². The third-order valence-electron chi connectivity index (χ3n) is 2.04. The topological polar surface area (TPSA) is 158 Å². The Kier molecular flexibility index (Phi) is 5.05. The van der Waals surface area contributed by atoms with Gasteiger partial charge in [0.25, 0.3) is 0 Å². The van der Waals surface area contributed by atoms with Crippen LogP contribution in [0.2, 0.25) is 0 Å². The second-order valence-corrected chi connectivity index (χ2v) is 5.19. The van der Waals surface area contributed by atoms with E-state index in [1.54, 1.807) is 0 Å². The van der Waals surface area contributed by atoms with E-state index in [1.165, 1.54) is 4.90 Å². The van der Waals surface area contributed by atoms with Crippen LogP contribution in [0.5, 0.6) is 0 Å². The highest BCUT2D eigenvalue weighted by molar-refractivity contribution is 7.51. The van der Waals surface area contributed by atoms with E-state index in [0.717, 1.165) is 0 Å². The Balaban J connectivity index is 2.48. The van der Waals surface area contributed by atoms with E-state index >= 15 is 0 Å². The van der Waals surface area contributed by atoms with Crippen molar-refractivity contribution in [2.75, 3.05) is 26.2 Å². The Morgan fingerprint density at radius 1 is 1.61 bits per heavy atom. The van der Waals surface area contributed by atoms with Gasteiger partial charge in [0.15, 0.2) is 5.96 Å². The maximum absolute atomic E-state index is 11.4. The number of urea groups is 1. The zero-order chi connectivity index (χ0) is 13.8. The molecule has 1 heterocycles. The van der Waals surface area contributed by atoms with E-state index in [9.17, 15) is 9.36 Å². The number of aliphatic hydroxyl groups excluding tert-OH is 1. The third-order valence-corrected chi connectivity index (χ3v) is 2.53. The molecule has 0 saturated carbocycles. The highest BCUT2D eigenvalue weighted by atomic mass is 31.2. The van der Waals surface area contributed by atoms with Crippen LogP contribution in [0.15, 0.2) is 4.99 Å². The van der Waals surface area contributed by atoms with Crippen molar-refractivity contribution < 1.29 is 29.0 Å². The lowest BCUT2D eigenvalue weighted by molar-refractivity contribution is 0.0138. The minimum Gasteiger partial charge on any atom is -0.394 e. The fourth-order valence-corrected chi connectivity index (χ4v) is 1.61. The van der Waals surface area contributed by atoms with E-state index in [2.05, 4.69) is 10.3 Å². The number of rotatable bonds is 6. The van der Waals surface area contributed by atoms with E-state index in [4.69, 9.17) is 25.4 Å². The zero-order valence-corrected chi connectivity index (χ0v) is 10.3. The van der Waals surface area contributed by atoms with Crippen molar-refractivity contribution in [1.82, 2.24) is 10.2 Å². The minimum atomic E-state index is -4.31. The van der Waals surface area contributed by atoms with Crippen LogP contribution in [0.3, 0.4) is 0 Å². The number of hydrogen-bond acceptors (Lipinski definition) is 6. The van der Waals surface area contributed by atoms with E-state index in [0.29, 0.717) is 0 Å². The van der Waals surface area contributed by atoms with E-state index in [-0.39, 0.29) is 19.2 Å². The summed E-state index contributed by atoms with van der Waals surface area (Å²) in [6.45, 7) is -0.546. The van der Waals surface area contributed by atoms with Crippen LogP contribution in [0.1, 0.15) is 0 Å². The average Bonchev–Trinajstić information content (AvgIpc) is 2.25. The van der Waals surface area contributed by atoms with Gasteiger partial charge in [-0.1, -0.05) is 0 Å². The summed E-state index contributed by atoms with van der Waals surface area (Å²) in [7, 11) is -4.31. The van der Waals surface area contributed by atoms with Crippen LogP contribution in [-0.2, 0) is 9.30 Å². The van der Waals surface area contributed by atoms with Crippen LogP contribution in [0.25, 0.3) is 0 Å². The predicted molar refractivity (Wildman–Crippen MR) is 60.6 cm³/mol. The molecule has 0 fully saturated rings. The van der Waals surface area contributed by atoms with Gasteiger partial charge in [0.05, 0.1) is 19.3 Å². The summed E-state index contributed by atoms with van der Waals surface area (Å²) in [5, 5.41) is 11.3. The SMILES string of the molecule is NC1=NCN(CC(CO)OCP(=O)(O)O)C(=O)N1. The van der Waals surface area contributed by atoms with Crippen molar-refractivity contribution >= 4 is 19.6 Å². The summed E-state index contributed by atoms with van der Waals surface area (Å²) in [5.74, 6) is -0.00654. The molecular formula is C7H15N4O6P. The van der Waals surface area contributed by atoms with Gasteiger partial charge in [-0.2, -0.15) is 0 Å². The molecule has 1 unspecified atom stereocenters. The summed E-state index contributed by atoms with van der Waals surface area (Å²) in [4.78, 5) is 33.6. The number of aliphatic hydroxyl groups is 1. The molecule has 0 bridgehead atoms. The molecule has 1 aliphatic heterocycles. The van der Waals surface area contributed by atoms with Crippen molar-refractivity contribution in [1.29, 1.82) is 0 Å². The lowest BCUT2D eigenvalue weighted by Gasteiger charge is -2.28. The third kappa shape index (κ3) is 4.98. The number of aliphatic imine (C=N–C) groups is 1. The van der Waals surface area contributed by atoms with Gasteiger partial charge in [0.1, 0.15) is 13.0 Å². The molecule has 0 spiro atoms. The van der Waals surface area contributed by atoms with Crippen molar-refractivity contribution in [2.24, 2.45) is 10.7 Å². The van der Waals surface area contributed by atoms with Crippen LogP contribution < -0.4 is 11.1 Å². The van der Waals surface area contributed by atoms with Crippen molar-refractivity contribution in [3.63, 3.8) is 0 Å². The number of carbonyl (C=O) groups is 1. The quantitative estimate of drug-likeness (QED) is 0.346. The first-order chi connectivity index (χ1) is 8.31. The largest absolute Gasteiger partial charge is 0.394 e. The average molecular weight is 282 g/mol. The summed E-state index contributed by atoms with van der Waals surface area (Å²) in [6, 6.07) is -0.513. The molecule has 10 nitrogen and oxygen atoms in total. The Labute approximate surface area is 103 Å². The minimum absolute atomic E-state index is 0.00651. The molecule has 0 radical (unpaired) electrons. The standard InChI is InChI=1S/C7H15N4O6P/c8-6-9-3-11(7(13)10-6)1-5(2-12)17-4-18(14,15)16/h5,12H,1-4H2,(H2,14,15,16)(H3,8,9,10,13). The van der Waals surface area contributed by atoms with Gasteiger partial charge in [0, 0.05) is 0 Å². The summed E-state index contributed by atoms with van der Waals surface area (Å²) in [5.41, 5.74) is 5.27. The second kappa shape index (κ2) is 6.12. The molecule has 0 aromatic rings. The number of nitrogens with two attached hydrogens (primary N) is 1. The number of amides is 2. The van der Waals surface area contributed by atoms with Crippen LogP contribution in [-0.4, -0.2) is 64.1 Å². The molecule has 11 heteroatoms. The maximum Gasteiger partial charge on any atom is 0.350 e. The lowest BCUT2D eigenvalue weighted by Crippen LogP contribution is -2.53. The Bertz CT molecular complexity index is 382. The maximum atomic E-state index is 11.4. The first-order valence-electron chi connectivity index (χ1n) is 4.94. The van der Waals surface area contributed by atoms with Crippen molar-refractivity contribution in [3.05, 3.63) is 0 Å². The van der Waals surface area contributed by atoms with Crippen LogP contribution in [0.4, 0.5) is 4.79 Å². The van der Waals surface area contributed by atoms with Gasteiger partial charge in [-0.15, -0.1) is 0 Å². The molecule has 1 aliphatic rings. The number of carbonyl (C=O) groups excluding carboxylic acids is 1. The molecule has 0 aromatic heterocycles. The zero-order valence-electron chi connectivity index (χ0n) is 9.39. The van der Waals surface area contributed by atoms with Crippen LogP contribution in [0, 0.1) is 0 Å². The number of nitrogens with zero attached hydrogens (tertiary/aromatic N) is 2. The van der Waals surface area contributed by atoms with Gasteiger partial charge in [0.2, 0.25) is 0 Å². The van der Waals surface area contributed by atoms with Crippen LogP contribution >= 0.6 is 7.60 Å². The summed E-state index contributed by atoms with van der Waals surface area (Å²) in [6.07, 6.45) is -1.73. The predicted octanol–water partition coefficient (Wildman–Crippen LogP) is -2.20. The smallest absolute Gasteiger partial charge is 0.350 e. The molecule has 2 amide bonds. The van der Waals surface area contributed by atoms with Gasteiger partial charge >= 0.3 is 13.6 Å². The fraction of sp³-hybridized carbons (Fsp3) is 0.714. The molecule has 0 saturated heterocycles. The Morgan fingerprint density at radius 3 is 2.78 bits per heavy atom. The number of ether oxygens (including phenoxy) is 1. The van der Waals surface area contributed by atoms with Crippen molar-refractivity contribution in [2.45, 2.75) is 6.10 Å².